The highest BCUT2D eigenvalue weighted by Crippen LogP contribution is 2.40. The number of amides is 1. The summed E-state index contributed by atoms with van der Waals surface area (Å²) in [4.78, 5) is 37.9. The van der Waals surface area contributed by atoms with Crippen LogP contribution in [-0.2, 0) is 27.2 Å². The molecule has 1 aromatic rings. The van der Waals surface area contributed by atoms with Gasteiger partial charge in [0.25, 0.3) is 0 Å². The summed E-state index contributed by atoms with van der Waals surface area (Å²) < 4.78 is 5.31. The minimum atomic E-state index is -0.916. The van der Waals surface area contributed by atoms with Gasteiger partial charge in [0.1, 0.15) is 5.00 Å². The third-order valence-electron chi connectivity index (χ3n) is 5.22. The SMILES string of the molecule is CCCOC(=O)c1c(NC(=O)[C@H]2CCCC[C@H]2C(=O)O)sc2c1CCC2. The number of aryl methyl sites for hydroxylation is 1. The van der Waals surface area contributed by atoms with E-state index < -0.39 is 17.8 Å². The van der Waals surface area contributed by atoms with Gasteiger partial charge in [0.15, 0.2) is 0 Å². The summed E-state index contributed by atoms with van der Waals surface area (Å²) in [5.41, 5.74) is 1.47. The van der Waals surface area contributed by atoms with Crippen molar-refractivity contribution in [2.45, 2.75) is 58.3 Å². The van der Waals surface area contributed by atoms with Gasteiger partial charge < -0.3 is 15.2 Å². The monoisotopic (exact) mass is 379 g/mol. The number of ether oxygens (including phenoxy) is 1. The molecular weight excluding hydrogens is 354 g/mol. The molecule has 1 heterocycles. The molecule has 0 bridgehead atoms. The molecule has 0 spiro atoms. The van der Waals surface area contributed by atoms with Gasteiger partial charge in [-0.25, -0.2) is 4.79 Å². The third kappa shape index (κ3) is 3.77. The van der Waals surface area contributed by atoms with Gasteiger partial charge in [-0.05, 0) is 44.1 Å². The Labute approximate surface area is 156 Å². The first-order valence-corrected chi connectivity index (χ1v) is 10.2. The second kappa shape index (κ2) is 8.20. The fraction of sp³-hybridized carbons (Fsp3) is 0.632. The summed E-state index contributed by atoms with van der Waals surface area (Å²) in [6.07, 6.45) is 6.26. The molecule has 0 aliphatic heterocycles. The van der Waals surface area contributed by atoms with Gasteiger partial charge in [0, 0.05) is 4.88 Å². The van der Waals surface area contributed by atoms with E-state index in [-0.39, 0.29) is 11.9 Å². The average molecular weight is 379 g/mol. The molecule has 3 rings (SSSR count). The number of rotatable bonds is 6. The number of carboxylic acid groups (broad SMARTS) is 1. The van der Waals surface area contributed by atoms with E-state index in [2.05, 4.69) is 5.32 Å². The smallest absolute Gasteiger partial charge is 0.341 e. The zero-order valence-electron chi connectivity index (χ0n) is 15.0. The normalized spacial score (nSPS) is 21.9. The molecule has 1 amide bonds. The number of carbonyl (C=O) groups excluding carboxylic acids is 2. The van der Waals surface area contributed by atoms with Gasteiger partial charge >= 0.3 is 11.9 Å². The zero-order valence-corrected chi connectivity index (χ0v) is 15.8. The first-order chi connectivity index (χ1) is 12.5. The number of fused-ring (bicyclic) bond motifs is 1. The van der Waals surface area contributed by atoms with Crippen LogP contribution >= 0.6 is 11.3 Å². The van der Waals surface area contributed by atoms with Gasteiger partial charge in [-0.1, -0.05) is 19.8 Å². The fourth-order valence-electron chi connectivity index (χ4n) is 3.92. The Morgan fingerprint density at radius 3 is 2.58 bits per heavy atom. The summed E-state index contributed by atoms with van der Waals surface area (Å²) in [5.74, 6) is -2.79. The van der Waals surface area contributed by atoms with E-state index in [1.165, 1.54) is 11.3 Å². The van der Waals surface area contributed by atoms with Gasteiger partial charge in [-0.15, -0.1) is 11.3 Å². The van der Waals surface area contributed by atoms with Crippen LogP contribution in [0.4, 0.5) is 5.00 Å². The van der Waals surface area contributed by atoms with Crippen LogP contribution in [0.25, 0.3) is 0 Å². The van der Waals surface area contributed by atoms with Crippen molar-refractivity contribution >= 4 is 34.2 Å². The van der Waals surface area contributed by atoms with Crippen LogP contribution in [0.1, 0.15) is 66.2 Å². The van der Waals surface area contributed by atoms with E-state index >= 15 is 0 Å². The molecule has 0 unspecified atom stereocenters. The van der Waals surface area contributed by atoms with Crippen molar-refractivity contribution in [2.75, 3.05) is 11.9 Å². The van der Waals surface area contributed by atoms with Crippen molar-refractivity contribution in [3.05, 3.63) is 16.0 Å². The first-order valence-electron chi connectivity index (χ1n) is 9.38. The van der Waals surface area contributed by atoms with Gasteiger partial charge in [-0.3, -0.25) is 9.59 Å². The highest BCUT2D eigenvalue weighted by atomic mass is 32.1. The number of anilines is 1. The zero-order chi connectivity index (χ0) is 18.7. The number of thiophene rings is 1. The molecule has 0 radical (unpaired) electrons. The van der Waals surface area contributed by atoms with Crippen molar-refractivity contribution in [3.8, 4) is 0 Å². The first kappa shape index (κ1) is 18.9. The van der Waals surface area contributed by atoms with Crippen LogP contribution in [-0.4, -0.2) is 29.6 Å². The van der Waals surface area contributed by atoms with Crippen LogP contribution in [0, 0.1) is 11.8 Å². The lowest BCUT2D eigenvalue weighted by molar-refractivity contribution is -0.147. The molecule has 1 saturated carbocycles. The molecule has 7 heteroatoms. The molecule has 2 N–H and O–H groups in total. The Hall–Kier alpha value is -1.89. The number of aliphatic carboxylic acids is 1. The summed E-state index contributed by atoms with van der Waals surface area (Å²) in [6.45, 7) is 2.28. The molecule has 2 aliphatic carbocycles. The second-order valence-electron chi connectivity index (χ2n) is 7.02. The predicted octanol–water partition coefficient (Wildman–Crippen LogP) is 3.63. The van der Waals surface area contributed by atoms with Crippen molar-refractivity contribution < 1.29 is 24.2 Å². The molecule has 0 saturated heterocycles. The maximum atomic E-state index is 12.8. The molecular formula is C19H25NO5S. The maximum absolute atomic E-state index is 12.8. The Kier molecular flexibility index (Phi) is 5.96. The molecule has 6 nitrogen and oxygen atoms in total. The Morgan fingerprint density at radius 1 is 1.15 bits per heavy atom. The van der Waals surface area contributed by atoms with Gasteiger partial charge in [0.05, 0.1) is 24.0 Å². The summed E-state index contributed by atoms with van der Waals surface area (Å²) in [5, 5.41) is 12.8. The molecule has 2 atom stereocenters. The number of esters is 1. The molecule has 26 heavy (non-hydrogen) atoms. The number of nitrogens with one attached hydrogen (secondary N) is 1. The third-order valence-corrected chi connectivity index (χ3v) is 6.43. The summed E-state index contributed by atoms with van der Waals surface area (Å²) in [6, 6.07) is 0. The molecule has 0 aromatic carbocycles. The number of carboxylic acids is 1. The highest BCUT2D eigenvalue weighted by molar-refractivity contribution is 7.17. The number of carbonyl (C=O) groups is 3. The molecule has 142 valence electrons. The summed E-state index contributed by atoms with van der Waals surface area (Å²) >= 11 is 1.43. The lowest BCUT2D eigenvalue weighted by Gasteiger charge is -2.27. The minimum Gasteiger partial charge on any atom is -0.481 e. The van der Waals surface area contributed by atoms with E-state index in [4.69, 9.17) is 4.74 Å². The predicted molar refractivity (Wildman–Crippen MR) is 98.6 cm³/mol. The molecule has 1 aromatic heterocycles. The summed E-state index contributed by atoms with van der Waals surface area (Å²) in [7, 11) is 0. The van der Waals surface area contributed by atoms with Crippen molar-refractivity contribution in [3.63, 3.8) is 0 Å². The molecule has 1 fully saturated rings. The number of hydrogen-bond acceptors (Lipinski definition) is 5. The molecule has 2 aliphatic rings. The van der Waals surface area contributed by atoms with Crippen LogP contribution in [0.3, 0.4) is 0 Å². The Balaban J connectivity index is 1.82. The second-order valence-corrected chi connectivity index (χ2v) is 8.13. The van der Waals surface area contributed by atoms with E-state index in [0.29, 0.717) is 30.0 Å². The maximum Gasteiger partial charge on any atom is 0.341 e. The van der Waals surface area contributed by atoms with E-state index in [1.807, 2.05) is 6.92 Å². The minimum absolute atomic E-state index is 0.290. The van der Waals surface area contributed by atoms with E-state index in [0.717, 1.165) is 49.0 Å². The average Bonchev–Trinajstić information content (AvgIpc) is 3.20. The van der Waals surface area contributed by atoms with Crippen LogP contribution in [0.5, 0.6) is 0 Å². The van der Waals surface area contributed by atoms with Crippen LogP contribution in [0.2, 0.25) is 0 Å². The van der Waals surface area contributed by atoms with Crippen molar-refractivity contribution in [2.24, 2.45) is 11.8 Å². The van der Waals surface area contributed by atoms with Crippen molar-refractivity contribution in [1.29, 1.82) is 0 Å². The quantitative estimate of drug-likeness (QED) is 0.736. The fourth-order valence-corrected chi connectivity index (χ4v) is 5.20. The Bertz CT molecular complexity index is 711. The van der Waals surface area contributed by atoms with Crippen LogP contribution < -0.4 is 5.32 Å². The Morgan fingerprint density at radius 2 is 1.88 bits per heavy atom. The largest absolute Gasteiger partial charge is 0.481 e. The van der Waals surface area contributed by atoms with Gasteiger partial charge in [-0.2, -0.15) is 0 Å². The van der Waals surface area contributed by atoms with Crippen molar-refractivity contribution in [1.82, 2.24) is 0 Å². The number of hydrogen-bond donors (Lipinski definition) is 2. The van der Waals surface area contributed by atoms with Crippen LogP contribution in [0.15, 0.2) is 0 Å². The van der Waals surface area contributed by atoms with E-state index in [9.17, 15) is 19.5 Å². The topological polar surface area (TPSA) is 92.7 Å². The standard InChI is InChI=1S/C19H25NO5S/c1-2-10-25-19(24)15-13-8-5-9-14(13)26-17(15)20-16(21)11-6-3-4-7-12(11)18(22)23/h11-12H,2-10H2,1H3,(H,20,21)(H,22,23)/t11-,12+/m0/s1. The highest BCUT2D eigenvalue weighted by Gasteiger charge is 2.37. The lowest BCUT2D eigenvalue weighted by atomic mass is 9.79. The van der Waals surface area contributed by atoms with Gasteiger partial charge in [0.2, 0.25) is 5.91 Å². The van der Waals surface area contributed by atoms with E-state index in [1.54, 1.807) is 0 Å². The lowest BCUT2D eigenvalue weighted by Crippen LogP contribution is -2.36.